The first-order chi connectivity index (χ1) is 17.1. The van der Waals surface area contributed by atoms with E-state index in [4.69, 9.17) is 9.47 Å². The highest BCUT2D eigenvalue weighted by Gasteiger charge is 2.17. The van der Waals surface area contributed by atoms with Crippen LogP contribution in [0.25, 0.3) is 0 Å². The lowest BCUT2D eigenvalue weighted by Crippen LogP contribution is -2.45. The minimum absolute atomic E-state index is 0.255. The van der Waals surface area contributed by atoms with E-state index >= 15 is 0 Å². The van der Waals surface area contributed by atoms with Crippen LogP contribution in [0.2, 0.25) is 0 Å². The summed E-state index contributed by atoms with van der Waals surface area (Å²) >= 11 is 0. The van der Waals surface area contributed by atoms with Crippen LogP contribution in [0.1, 0.15) is 27.0 Å². The Morgan fingerprint density at radius 2 is 1.49 bits per heavy atom. The Kier molecular flexibility index (Phi) is 8.48. The van der Waals surface area contributed by atoms with Crippen molar-refractivity contribution in [1.29, 1.82) is 0 Å². The summed E-state index contributed by atoms with van der Waals surface area (Å²) in [5.74, 6) is 1.06. The van der Waals surface area contributed by atoms with Gasteiger partial charge in [0.2, 0.25) is 0 Å². The quantitative estimate of drug-likeness (QED) is 0.379. The van der Waals surface area contributed by atoms with Gasteiger partial charge < -0.3 is 9.47 Å². The lowest BCUT2D eigenvalue weighted by Gasteiger charge is -2.34. The molecule has 1 aliphatic rings. The minimum Gasteiger partial charge on any atom is -0.497 e. The Bertz CT molecular complexity index is 1120. The normalized spacial score (nSPS) is 14.7. The summed E-state index contributed by atoms with van der Waals surface area (Å²) in [6, 6.07) is 23.8. The maximum absolute atomic E-state index is 12.5. The van der Waals surface area contributed by atoms with E-state index in [-0.39, 0.29) is 5.91 Å². The van der Waals surface area contributed by atoms with Gasteiger partial charge in [0, 0.05) is 56.5 Å². The third-order valence-electron chi connectivity index (χ3n) is 6.15. The smallest absolute Gasteiger partial charge is 0.271 e. The van der Waals surface area contributed by atoms with Gasteiger partial charge >= 0.3 is 0 Å². The summed E-state index contributed by atoms with van der Waals surface area (Å²) in [5.41, 5.74) is 6.46. The standard InChI is InChI=1S/C28H32N4O3/c1-34-26-13-12-25(27(18-26)35-2)19-29-30-28(33)24-10-8-23(9-11-24)21-32-16-14-31(15-17-32)20-22-6-4-3-5-7-22/h3-13,18-19H,14-17,20-21H2,1-2H3,(H,30,33)/b29-19-. The van der Waals surface area contributed by atoms with Gasteiger partial charge in [0.05, 0.1) is 20.4 Å². The molecule has 0 aliphatic carbocycles. The molecule has 3 aromatic carbocycles. The number of methoxy groups -OCH3 is 2. The Labute approximate surface area is 207 Å². The monoisotopic (exact) mass is 472 g/mol. The van der Waals surface area contributed by atoms with E-state index in [9.17, 15) is 4.79 Å². The minimum atomic E-state index is -0.255. The van der Waals surface area contributed by atoms with Crippen molar-refractivity contribution in [1.82, 2.24) is 15.2 Å². The van der Waals surface area contributed by atoms with Gasteiger partial charge in [-0.15, -0.1) is 0 Å². The van der Waals surface area contributed by atoms with Gasteiger partial charge in [0.25, 0.3) is 5.91 Å². The topological polar surface area (TPSA) is 66.4 Å². The van der Waals surface area contributed by atoms with E-state index in [0.717, 1.165) is 44.8 Å². The van der Waals surface area contributed by atoms with E-state index in [1.165, 1.54) is 11.1 Å². The van der Waals surface area contributed by atoms with Crippen molar-refractivity contribution in [3.05, 3.63) is 95.1 Å². The zero-order valence-corrected chi connectivity index (χ0v) is 20.3. The molecule has 0 bridgehead atoms. The molecule has 4 rings (SSSR count). The lowest BCUT2D eigenvalue weighted by molar-refractivity contribution is 0.0955. The zero-order valence-electron chi connectivity index (χ0n) is 20.3. The van der Waals surface area contributed by atoms with Crippen LogP contribution < -0.4 is 14.9 Å². The molecule has 1 heterocycles. The Morgan fingerprint density at radius 1 is 0.857 bits per heavy atom. The molecule has 182 valence electrons. The van der Waals surface area contributed by atoms with Crippen LogP contribution in [-0.4, -0.2) is 62.3 Å². The number of carbonyl (C=O) groups is 1. The van der Waals surface area contributed by atoms with E-state index in [1.807, 2.05) is 36.4 Å². The van der Waals surface area contributed by atoms with Gasteiger partial charge in [0.15, 0.2) is 0 Å². The molecule has 0 spiro atoms. The summed E-state index contributed by atoms with van der Waals surface area (Å²) in [4.78, 5) is 17.4. The maximum atomic E-state index is 12.5. The van der Waals surface area contributed by atoms with Gasteiger partial charge in [-0.2, -0.15) is 5.10 Å². The van der Waals surface area contributed by atoms with Crippen molar-refractivity contribution < 1.29 is 14.3 Å². The zero-order chi connectivity index (χ0) is 24.5. The number of nitrogens with zero attached hydrogens (tertiary/aromatic N) is 3. The number of hydrogen-bond donors (Lipinski definition) is 1. The van der Waals surface area contributed by atoms with Crippen LogP contribution in [-0.2, 0) is 13.1 Å². The molecule has 1 N–H and O–H groups in total. The summed E-state index contributed by atoms with van der Waals surface area (Å²) in [6.45, 7) is 6.10. The molecule has 7 nitrogen and oxygen atoms in total. The van der Waals surface area contributed by atoms with E-state index in [2.05, 4.69) is 50.7 Å². The average Bonchev–Trinajstić information content (AvgIpc) is 2.91. The first-order valence-corrected chi connectivity index (χ1v) is 11.8. The van der Waals surface area contributed by atoms with Crippen LogP contribution in [0.4, 0.5) is 0 Å². The molecule has 0 aromatic heterocycles. The average molecular weight is 473 g/mol. The predicted octanol–water partition coefficient (Wildman–Crippen LogP) is 3.79. The molecule has 0 unspecified atom stereocenters. The van der Waals surface area contributed by atoms with E-state index < -0.39 is 0 Å². The molecule has 7 heteroatoms. The molecule has 0 saturated carbocycles. The highest BCUT2D eigenvalue weighted by atomic mass is 16.5. The number of benzene rings is 3. The molecular formula is C28H32N4O3. The van der Waals surface area contributed by atoms with Gasteiger partial charge in [0.1, 0.15) is 11.5 Å². The Morgan fingerprint density at radius 3 is 2.09 bits per heavy atom. The number of rotatable bonds is 9. The number of ether oxygens (including phenoxy) is 2. The fraction of sp³-hybridized carbons (Fsp3) is 0.286. The van der Waals surface area contributed by atoms with Gasteiger partial charge in [-0.25, -0.2) is 5.43 Å². The SMILES string of the molecule is COc1ccc(/C=N\NC(=O)c2ccc(CN3CCN(Cc4ccccc4)CC3)cc2)c(OC)c1. The third kappa shape index (κ3) is 6.91. The van der Waals surface area contributed by atoms with Crippen LogP contribution in [0, 0.1) is 0 Å². The summed E-state index contributed by atoms with van der Waals surface area (Å²) in [6.07, 6.45) is 1.56. The second-order valence-electron chi connectivity index (χ2n) is 8.54. The van der Waals surface area contributed by atoms with Crippen molar-refractivity contribution in [3.8, 4) is 11.5 Å². The van der Waals surface area contributed by atoms with Crippen molar-refractivity contribution in [2.45, 2.75) is 13.1 Å². The summed E-state index contributed by atoms with van der Waals surface area (Å²) in [5, 5.41) is 4.08. The van der Waals surface area contributed by atoms with Crippen molar-refractivity contribution >= 4 is 12.1 Å². The molecule has 0 radical (unpaired) electrons. The van der Waals surface area contributed by atoms with Crippen LogP contribution >= 0.6 is 0 Å². The number of piperazine rings is 1. The molecule has 1 saturated heterocycles. The van der Waals surface area contributed by atoms with Crippen molar-refractivity contribution in [2.24, 2.45) is 5.10 Å². The van der Waals surface area contributed by atoms with Crippen molar-refractivity contribution in [3.63, 3.8) is 0 Å². The fourth-order valence-corrected chi connectivity index (χ4v) is 4.12. The lowest BCUT2D eigenvalue weighted by atomic mass is 10.1. The van der Waals surface area contributed by atoms with Gasteiger partial charge in [-0.05, 0) is 35.4 Å². The molecule has 1 amide bonds. The van der Waals surface area contributed by atoms with Gasteiger partial charge in [-0.1, -0.05) is 42.5 Å². The van der Waals surface area contributed by atoms with Crippen LogP contribution in [0.15, 0.2) is 77.9 Å². The molecule has 1 aliphatic heterocycles. The first-order valence-electron chi connectivity index (χ1n) is 11.8. The summed E-state index contributed by atoms with van der Waals surface area (Å²) in [7, 11) is 3.18. The Balaban J connectivity index is 1.24. The van der Waals surface area contributed by atoms with E-state index in [1.54, 1.807) is 26.5 Å². The highest BCUT2D eigenvalue weighted by Crippen LogP contribution is 2.23. The number of nitrogens with one attached hydrogen (secondary N) is 1. The first kappa shape index (κ1) is 24.4. The second-order valence-corrected chi connectivity index (χ2v) is 8.54. The second kappa shape index (κ2) is 12.1. The molecule has 1 fully saturated rings. The van der Waals surface area contributed by atoms with Crippen LogP contribution in [0.5, 0.6) is 11.5 Å². The molecule has 35 heavy (non-hydrogen) atoms. The Hall–Kier alpha value is -3.68. The highest BCUT2D eigenvalue weighted by molar-refractivity contribution is 5.95. The molecular weight excluding hydrogens is 440 g/mol. The molecule has 0 atom stereocenters. The predicted molar refractivity (Wildman–Crippen MR) is 138 cm³/mol. The van der Waals surface area contributed by atoms with E-state index in [0.29, 0.717) is 17.1 Å². The third-order valence-corrected chi connectivity index (χ3v) is 6.15. The van der Waals surface area contributed by atoms with Crippen molar-refractivity contribution in [2.75, 3.05) is 40.4 Å². The largest absolute Gasteiger partial charge is 0.497 e. The van der Waals surface area contributed by atoms with Gasteiger partial charge in [-0.3, -0.25) is 14.6 Å². The number of carbonyl (C=O) groups excluding carboxylic acids is 1. The fourth-order valence-electron chi connectivity index (χ4n) is 4.12. The number of hydrogen-bond acceptors (Lipinski definition) is 6. The number of amides is 1. The molecule has 3 aromatic rings. The van der Waals surface area contributed by atoms with Crippen LogP contribution in [0.3, 0.4) is 0 Å². The number of hydrazone groups is 1. The maximum Gasteiger partial charge on any atom is 0.271 e. The summed E-state index contributed by atoms with van der Waals surface area (Å²) < 4.78 is 10.5.